The van der Waals surface area contributed by atoms with E-state index in [0.29, 0.717) is 11.3 Å². The van der Waals surface area contributed by atoms with E-state index in [2.05, 4.69) is 5.32 Å². The molecule has 0 aromatic heterocycles. The largest absolute Gasteiger partial charge is 0.494 e. The number of hydrogen-bond acceptors (Lipinski definition) is 4. The minimum Gasteiger partial charge on any atom is -0.494 e. The number of anilines is 1. The van der Waals surface area contributed by atoms with Crippen molar-refractivity contribution in [3.8, 4) is 5.75 Å². The van der Waals surface area contributed by atoms with Crippen LogP contribution in [0.3, 0.4) is 0 Å². The van der Waals surface area contributed by atoms with Gasteiger partial charge in [0.15, 0.2) is 17.7 Å². The Labute approximate surface area is 164 Å². The van der Waals surface area contributed by atoms with Gasteiger partial charge in [-0.15, -0.1) is 0 Å². The van der Waals surface area contributed by atoms with Crippen LogP contribution in [0, 0.1) is 26.6 Å². The van der Waals surface area contributed by atoms with Gasteiger partial charge in [-0.25, -0.2) is 9.18 Å². The van der Waals surface area contributed by atoms with Crippen LogP contribution in [-0.4, -0.2) is 25.1 Å². The fourth-order valence-electron chi connectivity index (χ4n) is 2.82. The molecule has 1 amide bonds. The van der Waals surface area contributed by atoms with E-state index >= 15 is 0 Å². The van der Waals surface area contributed by atoms with Gasteiger partial charge in [0.1, 0.15) is 0 Å². The highest BCUT2D eigenvalue weighted by Gasteiger charge is 2.18. The second-order valence-corrected chi connectivity index (χ2v) is 6.57. The fraction of sp³-hybridized carbons (Fsp3) is 0.273. The molecule has 28 heavy (non-hydrogen) atoms. The lowest BCUT2D eigenvalue weighted by atomic mass is 10.0. The van der Waals surface area contributed by atoms with Crippen LogP contribution < -0.4 is 10.1 Å². The van der Waals surface area contributed by atoms with Crippen molar-refractivity contribution in [2.75, 3.05) is 12.4 Å². The molecule has 0 radical (unpaired) electrons. The van der Waals surface area contributed by atoms with Crippen molar-refractivity contribution in [2.45, 2.75) is 33.8 Å². The number of rotatable bonds is 6. The van der Waals surface area contributed by atoms with Gasteiger partial charge in [0.25, 0.3) is 5.91 Å². The molecule has 5 nitrogen and oxygen atoms in total. The summed E-state index contributed by atoms with van der Waals surface area (Å²) in [6.45, 7) is 7.29. The topological polar surface area (TPSA) is 64.6 Å². The minimum atomic E-state index is -0.982. The summed E-state index contributed by atoms with van der Waals surface area (Å²) in [5.41, 5.74) is 4.16. The smallest absolute Gasteiger partial charge is 0.331 e. The molecule has 0 saturated heterocycles. The van der Waals surface area contributed by atoms with Crippen molar-refractivity contribution in [1.82, 2.24) is 0 Å². The second kappa shape index (κ2) is 9.17. The Morgan fingerprint density at radius 2 is 1.75 bits per heavy atom. The molecule has 2 aromatic rings. The lowest BCUT2D eigenvalue weighted by molar-refractivity contribution is -0.148. The maximum absolute atomic E-state index is 13.7. The molecule has 6 heteroatoms. The van der Waals surface area contributed by atoms with Crippen LogP contribution in [0.1, 0.15) is 29.2 Å². The van der Waals surface area contributed by atoms with E-state index in [0.717, 1.165) is 22.8 Å². The summed E-state index contributed by atoms with van der Waals surface area (Å²) in [4.78, 5) is 24.3. The monoisotopic (exact) mass is 385 g/mol. The number of nitrogens with one attached hydrogen (secondary N) is 1. The number of aryl methyl sites for hydroxylation is 3. The molecule has 0 aliphatic heterocycles. The van der Waals surface area contributed by atoms with Crippen molar-refractivity contribution in [3.63, 3.8) is 0 Å². The van der Waals surface area contributed by atoms with Gasteiger partial charge in [0.2, 0.25) is 0 Å². The van der Waals surface area contributed by atoms with Gasteiger partial charge in [-0.3, -0.25) is 4.79 Å². The number of hydrogen-bond donors (Lipinski definition) is 1. The Morgan fingerprint density at radius 3 is 2.32 bits per heavy atom. The Kier molecular flexibility index (Phi) is 6.93. The van der Waals surface area contributed by atoms with Gasteiger partial charge in [-0.05, 0) is 62.6 Å². The number of ether oxygens (including phenoxy) is 2. The lowest BCUT2D eigenvalue weighted by Gasteiger charge is -2.16. The predicted molar refractivity (Wildman–Crippen MR) is 107 cm³/mol. The van der Waals surface area contributed by atoms with Gasteiger partial charge < -0.3 is 14.8 Å². The number of methoxy groups -OCH3 is 1. The third kappa shape index (κ3) is 5.42. The van der Waals surface area contributed by atoms with Crippen LogP contribution in [0.25, 0.3) is 6.08 Å². The average molecular weight is 385 g/mol. The number of esters is 1. The van der Waals surface area contributed by atoms with E-state index < -0.39 is 23.8 Å². The van der Waals surface area contributed by atoms with E-state index in [1.165, 1.54) is 32.2 Å². The first-order chi connectivity index (χ1) is 13.2. The van der Waals surface area contributed by atoms with Gasteiger partial charge >= 0.3 is 5.97 Å². The number of carbonyl (C=O) groups is 2. The average Bonchev–Trinajstić information content (AvgIpc) is 2.62. The maximum atomic E-state index is 13.7. The summed E-state index contributed by atoms with van der Waals surface area (Å²) in [5.74, 6) is -1.54. The summed E-state index contributed by atoms with van der Waals surface area (Å²) < 4.78 is 23.6. The predicted octanol–water partition coefficient (Wildman–Crippen LogP) is 4.34. The highest BCUT2D eigenvalue weighted by molar-refractivity contribution is 5.97. The number of halogens is 1. The molecule has 1 atom stereocenters. The van der Waals surface area contributed by atoms with E-state index in [1.54, 1.807) is 6.07 Å². The highest BCUT2D eigenvalue weighted by Crippen LogP contribution is 2.22. The fourth-order valence-corrected chi connectivity index (χ4v) is 2.82. The van der Waals surface area contributed by atoms with Crippen LogP contribution in [0.5, 0.6) is 5.75 Å². The Morgan fingerprint density at radius 1 is 1.11 bits per heavy atom. The lowest BCUT2D eigenvalue weighted by Crippen LogP contribution is -2.30. The SMILES string of the molecule is COc1ccc(/C=C/C(=O)O[C@@H](C)C(=O)Nc2c(C)cc(C)cc2C)cc1F. The minimum absolute atomic E-state index is 0.117. The molecule has 0 unspecified atom stereocenters. The molecule has 0 aliphatic rings. The molecule has 0 fully saturated rings. The molecule has 2 aromatic carbocycles. The number of amides is 1. The van der Waals surface area contributed by atoms with E-state index in [9.17, 15) is 14.0 Å². The Hall–Kier alpha value is -3.15. The van der Waals surface area contributed by atoms with Crippen LogP contribution in [-0.2, 0) is 14.3 Å². The summed E-state index contributed by atoms with van der Waals surface area (Å²) in [7, 11) is 1.37. The van der Waals surface area contributed by atoms with Crippen molar-refractivity contribution in [1.29, 1.82) is 0 Å². The first kappa shape index (κ1) is 21.2. The first-order valence-electron chi connectivity index (χ1n) is 8.82. The number of benzene rings is 2. The van der Waals surface area contributed by atoms with Crippen LogP contribution in [0.15, 0.2) is 36.4 Å². The van der Waals surface area contributed by atoms with Gasteiger partial charge in [-0.1, -0.05) is 23.8 Å². The third-order valence-corrected chi connectivity index (χ3v) is 4.18. The quantitative estimate of drug-likeness (QED) is 0.593. The maximum Gasteiger partial charge on any atom is 0.331 e. The van der Waals surface area contributed by atoms with Crippen LogP contribution >= 0.6 is 0 Å². The Balaban J connectivity index is 1.98. The summed E-state index contributed by atoms with van der Waals surface area (Å²) in [6, 6.07) is 8.24. The van der Waals surface area contributed by atoms with Crippen molar-refractivity contribution < 1.29 is 23.5 Å². The molecular weight excluding hydrogens is 361 g/mol. The van der Waals surface area contributed by atoms with Crippen molar-refractivity contribution >= 4 is 23.6 Å². The zero-order valence-corrected chi connectivity index (χ0v) is 16.6. The second-order valence-electron chi connectivity index (χ2n) is 6.57. The summed E-state index contributed by atoms with van der Waals surface area (Å²) >= 11 is 0. The van der Waals surface area contributed by atoms with Gasteiger partial charge in [-0.2, -0.15) is 0 Å². The zero-order chi connectivity index (χ0) is 20.8. The first-order valence-corrected chi connectivity index (χ1v) is 8.82. The summed E-state index contributed by atoms with van der Waals surface area (Å²) in [5, 5.41) is 2.80. The highest BCUT2D eigenvalue weighted by atomic mass is 19.1. The molecule has 0 aliphatic carbocycles. The Bertz CT molecular complexity index is 898. The molecule has 2 rings (SSSR count). The normalized spacial score (nSPS) is 11.9. The van der Waals surface area contributed by atoms with Crippen LogP contribution in [0.4, 0.5) is 10.1 Å². The summed E-state index contributed by atoms with van der Waals surface area (Å²) in [6.07, 6.45) is 1.57. The standard InChI is InChI=1S/C22H24FNO4/c1-13-10-14(2)21(15(3)11-13)24-22(26)16(4)28-20(25)9-7-17-6-8-19(27-5)18(23)12-17/h6-12,16H,1-5H3,(H,24,26)/b9-7+/t16-/m0/s1. The van der Waals surface area contributed by atoms with E-state index in [1.807, 2.05) is 32.9 Å². The third-order valence-electron chi connectivity index (χ3n) is 4.18. The molecule has 0 spiro atoms. The molecule has 148 valence electrons. The van der Waals surface area contributed by atoms with Gasteiger partial charge in [0.05, 0.1) is 7.11 Å². The molecular formula is C22H24FNO4. The van der Waals surface area contributed by atoms with E-state index in [4.69, 9.17) is 9.47 Å². The molecule has 0 saturated carbocycles. The molecule has 0 heterocycles. The van der Waals surface area contributed by atoms with Gasteiger partial charge in [0, 0.05) is 11.8 Å². The zero-order valence-electron chi connectivity index (χ0n) is 16.6. The van der Waals surface area contributed by atoms with Crippen LogP contribution in [0.2, 0.25) is 0 Å². The van der Waals surface area contributed by atoms with Crippen molar-refractivity contribution in [3.05, 3.63) is 64.5 Å². The van der Waals surface area contributed by atoms with Crippen molar-refractivity contribution in [2.24, 2.45) is 0 Å². The molecule has 0 bridgehead atoms. The molecule has 1 N–H and O–H groups in total. The van der Waals surface area contributed by atoms with E-state index in [-0.39, 0.29) is 5.75 Å². The number of carbonyl (C=O) groups excluding carboxylic acids is 2.